The number of rotatable bonds is 3. The summed E-state index contributed by atoms with van der Waals surface area (Å²) in [5.41, 5.74) is 1.69. The first-order valence-electron chi connectivity index (χ1n) is 8.05. The van der Waals surface area contributed by atoms with E-state index in [1.54, 1.807) is 14.2 Å². The topological polar surface area (TPSA) is 21.7 Å². The Morgan fingerprint density at radius 2 is 1.86 bits per heavy atom. The van der Waals surface area contributed by atoms with E-state index in [0.29, 0.717) is 6.04 Å². The van der Waals surface area contributed by atoms with Crippen molar-refractivity contribution in [1.29, 1.82) is 0 Å². The van der Waals surface area contributed by atoms with Gasteiger partial charge in [-0.3, -0.25) is 0 Å². The zero-order valence-electron chi connectivity index (χ0n) is 14.3. The van der Waals surface area contributed by atoms with Gasteiger partial charge in [-0.05, 0) is 49.5 Å². The minimum atomic E-state index is 0.0794. The minimum Gasteiger partial charge on any atom is -0.493 e. The van der Waals surface area contributed by atoms with Gasteiger partial charge in [-0.1, -0.05) is 32.1 Å². The van der Waals surface area contributed by atoms with Gasteiger partial charge >= 0.3 is 0 Å². The molecule has 3 nitrogen and oxygen atoms in total. The van der Waals surface area contributed by atoms with Crippen molar-refractivity contribution in [2.45, 2.75) is 38.1 Å². The number of benzene rings is 1. The van der Waals surface area contributed by atoms with Gasteiger partial charge in [-0.15, -0.1) is 0 Å². The molecule has 0 amide bonds. The normalized spacial score (nSPS) is 30.1. The van der Waals surface area contributed by atoms with E-state index in [0.717, 1.165) is 30.9 Å². The van der Waals surface area contributed by atoms with Gasteiger partial charge in [-0.25, -0.2) is 0 Å². The third-order valence-electron chi connectivity index (χ3n) is 5.53. The highest BCUT2D eigenvalue weighted by atomic mass is 16.5. The highest BCUT2D eigenvalue weighted by Crippen LogP contribution is 2.53. The Hall–Kier alpha value is -1.48. The maximum absolute atomic E-state index is 5.53. The lowest BCUT2D eigenvalue weighted by Gasteiger charge is -2.48. The molecule has 0 N–H and O–H groups in total. The molecule has 0 spiro atoms. The standard InChI is InChI=1S/C19H27NO2/c1-18(2)9-6-10-19(11-12-20(3)17(18)19)14-7-8-15(21-4)16(13-14)22-5/h6-8,10,13,17H,9,11-12H2,1-5H3/t17?,19-/m0/s1. The van der Waals surface area contributed by atoms with Crippen molar-refractivity contribution in [2.24, 2.45) is 5.41 Å². The van der Waals surface area contributed by atoms with Crippen LogP contribution in [-0.4, -0.2) is 38.8 Å². The van der Waals surface area contributed by atoms with Crippen molar-refractivity contribution in [3.63, 3.8) is 0 Å². The molecule has 3 heteroatoms. The second-order valence-corrected chi connectivity index (χ2v) is 7.34. The van der Waals surface area contributed by atoms with Crippen LogP contribution in [0.15, 0.2) is 30.4 Å². The van der Waals surface area contributed by atoms with E-state index in [1.165, 1.54) is 5.56 Å². The first kappa shape index (κ1) is 15.4. The Bertz CT molecular complexity index is 593. The third-order valence-corrected chi connectivity index (χ3v) is 5.53. The summed E-state index contributed by atoms with van der Waals surface area (Å²) in [6.45, 7) is 5.91. The molecule has 1 heterocycles. The first-order chi connectivity index (χ1) is 10.4. The molecule has 2 atom stereocenters. The summed E-state index contributed by atoms with van der Waals surface area (Å²) in [5, 5.41) is 0. The molecule has 3 rings (SSSR count). The summed E-state index contributed by atoms with van der Waals surface area (Å²) >= 11 is 0. The summed E-state index contributed by atoms with van der Waals surface area (Å²) in [5.74, 6) is 1.61. The monoisotopic (exact) mass is 301 g/mol. The molecule has 22 heavy (non-hydrogen) atoms. The Kier molecular flexibility index (Phi) is 3.72. The number of likely N-dealkylation sites (tertiary alicyclic amines) is 1. The van der Waals surface area contributed by atoms with Crippen LogP contribution in [0.4, 0.5) is 0 Å². The highest BCUT2D eigenvalue weighted by Gasteiger charge is 2.53. The maximum atomic E-state index is 5.53. The number of hydrogen-bond donors (Lipinski definition) is 0. The highest BCUT2D eigenvalue weighted by molar-refractivity contribution is 5.49. The molecule has 1 fully saturated rings. The Morgan fingerprint density at radius 3 is 2.55 bits per heavy atom. The van der Waals surface area contributed by atoms with Crippen LogP contribution >= 0.6 is 0 Å². The molecule has 1 saturated heterocycles. The van der Waals surface area contributed by atoms with E-state index in [1.807, 2.05) is 6.07 Å². The SMILES string of the molecule is COc1ccc([C@@]23C=CCC(C)(C)C2N(C)CC3)cc1OC. The van der Waals surface area contributed by atoms with E-state index in [-0.39, 0.29) is 10.8 Å². The number of allylic oxidation sites excluding steroid dienone is 1. The molecular formula is C19H27NO2. The molecule has 2 aliphatic rings. The lowest BCUT2D eigenvalue weighted by atomic mass is 9.60. The second kappa shape index (κ2) is 5.31. The number of hydrogen-bond acceptors (Lipinski definition) is 3. The summed E-state index contributed by atoms with van der Waals surface area (Å²) in [6.07, 6.45) is 7.10. The Labute approximate surface area is 133 Å². The summed E-state index contributed by atoms with van der Waals surface area (Å²) in [6, 6.07) is 6.92. The van der Waals surface area contributed by atoms with E-state index in [4.69, 9.17) is 9.47 Å². The largest absolute Gasteiger partial charge is 0.493 e. The van der Waals surface area contributed by atoms with E-state index < -0.39 is 0 Å². The van der Waals surface area contributed by atoms with Gasteiger partial charge in [0.25, 0.3) is 0 Å². The summed E-state index contributed by atoms with van der Waals surface area (Å²) in [4.78, 5) is 2.53. The number of ether oxygens (including phenoxy) is 2. The van der Waals surface area contributed by atoms with Crippen LogP contribution in [0.25, 0.3) is 0 Å². The van der Waals surface area contributed by atoms with Gasteiger partial charge in [0, 0.05) is 11.5 Å². The number of likely N-dealkylation sites (N-methyl/N-ethyl adjacent to an activating group) is 1. The van der Waals surface area contributed by atoms with Crippen molar-refractivity contribution in [1.82, 2.24) is 4.90 Å². The van der Waals surface area contributed by atoms with Crippen molar-refractivity contribution < 1.29 is 9.47 Å². The molecule has 120 valence electrons. The third kappa shape index (κ3) is 2.14. The van der Waals surface area contributed by atoms with Crippen molar-refractivity contribution in [2.75, 3.05) is 27.8 Å². The fourth-order valence-electron chi connectivity index (χ4n) is 4.70. The van der Waals surface area contributed by atoms with Crippen LogP contribution < -0.4 is 9.47 Å². The van der Waals surface area contributed by atoms with Crippen LogP contribution in [0.1, 0.15) is 32.3 Å². The maximum Gasteiger partial charge on any atom is 0.161 e. The van der Waals surface area contributed by atoms with Crippen LogP contribution in [-0.2, 0) is 5.41 Å². The molecule has 1 aromatic rings. The Balaban J connectivity index is 2.12. The lowest BCUT2D eigenvalue weighted by molar-refractivity contribution is 0.110. The van der Waals surface area contributed by atoms with E-state index >= 15 is 0 Å². The van der Waals surface area contributed by atoms with Gasteiger partial charge in [0.1, 0.15) is 0 Å². The second-order valence-electron chi connectivity index (χ2n) is 7.34. The van der Waals surface area contributed by atoms with Gasteiger partial charge in [0.05, 0.1) is 14.2 Å². The lowest BCUT2D eigenvalue weighted by Crippen LogP contribution is -2.51. The predicted octanol–water partition coefficient (Wildman–Crippen LogP) is 3.63. The van der Waals surface area contributed by atoms with Crippen LogP contribution in [0.2, 0.25) is 0 Å². The molecule has 0 aromatic heterocycles. The smallest absolute Gasteiger partial charge is 0.161 e. The average Bonchev–Trinajstić information content (AvgIpc) is 2.86. The fraction of sp³-hybridized carbons (Fsp3) is 0.579. The molecule has 1 aliphatic heterocycles. The van der Waals surface area contributed by atoms with Crippen LogP contribution in [0, 0.1) is 5.41 Å². The number of nitrogens with zero attached hydrogens (tertiary/aromatic N) is 1. The van der Waals surface area contributed by atoms with Gasteiger partial charge in [0.15, 0.2) is 11.5 Å². The molecule has 1 aromatic carbocycles. The molecule has 1 unspecified atom stereocenters. The van der Waals surface area contributed by atoms with Gasteiger partial charge in [0.2, 0.25) is 0 Å². The van der Waals surface area contributed by atoms with Gasteiger partial charge < -0.3 is 14.4 Å². The molecular weight excluding hydrogens is 274 g/mol. The van der Waals surface area contributed by atoms with Crippen molar-refractivity contribution in [3.05, 3.63) is 35.9 Å². The number of fused-ring (bicyclic) bond motifs is 1. The molecule has 1 aliphatic carbocycles. The van der Waals surface area contributed by atoms with Crippen molar-refractivity contribution >= 4 is 0 Å². The summed E-state index contributed by atoms with van der Waals surface area (Å²) in [7, 11) is 5.65. The van der Waals surface area contributed by atoms with Crippen molar-refractivity contribution in [3.8, 4) is 11.5 Å². The zero-order valence-corrected chi connectivity index (χ0v) is 14.3. The molecule has 0 saturated carbocycles. The Morgan fingerprint density at radius 1 is 1.14 bits per heavy atom. The van der Waals surface area contributed by atoms with Crippen LogP contribution in [0.3, 0.4) is 0 Å². The van der Waals surface area contributed by atoms with E-state index in [2.05, 4.69) is 50.1 Å². The number of methoxy groups -OCH3 is 2. The fourth-order valence-corrected chi connectivity index (χ4v) is 4.70. The van der Waals surface area contributed by atoms with Gasteiger partial charge in [-0.2, -0.15) is 0 Å². The molecule has 0 bridgehead atoms. The zero-order chi connectivity index (χ0) is 16.0. The first-order valence-corrected chi connectivity index (χ1v) is 8.05. The minimum absolute atomic E-state index is 0.0794. The van der Waals surface area contributed by atoms with Crippen LogP contribution in [0.5, 0.6) is 11.5 Å². The average molecular weight is 301 g/mol. The predicted molar refractivity (Wildman–Crippen MR) is 89.8 cm³/mol. The summed E-state index contributed by atoms with van der Waals surface area (Å²) < 4.78 is 10.9. The molecule has 0 radical (unpaired) electrons. The van der Waals surface area contributed by atoms with E-state index in [9.17, 15) is 0 Å². The quantitative estimate of drug-likeness (QED) is 0.796.